The Hall–Kier alpha value is -1.21. The summed E-state index contributed by atoms with van der Waals surface area (Å²) in [7, 11) is -3.56. The highest BCUT2D eigenvalue weighted by Crippen LogP contribution is 2.28. The van der Waals surface area contributed by atoms with Crippen LogP contribution in [-0.2, 0) is 10.0 Å². The number of rotatable bonds is 8. The molecule has 0 aliphatic heterocycles. The van der Waals surface area contributed by atoms with Gasteiger partial charge in [-0.2, -0.15) is 0 Å². The van der Waals surface area contributed by atoms with Crippen molar-refractivity contribution in [3.8, 4) is 0 Å². The second-order valence-corrected chi connectivity index (χ2v) is 9.18. The van der Waals surface area contributed by atoms with Gasteiger partial charge in [-0.15, -0.1) is 11.3 Å². The minimum absolute atomic E-state index is 0.102. The van der Waals surface area contributed by atoms with Gasteiger partial charge >= 0.3 is 0 Å². The molecule has 1 aromatic heterocycles. The summed E-state index contributed by atoms with van der Waals surface area (Å²) >= 11 is 1.65. The molecular formula is C19H27NO3S2. The van der Waals surface area contributed by atoms with Crippen LogP contribution >= 0.6 is 11.3 Å². The lowest BCUT2D eigenvalue weighted by Crippen LogP contribution is -2.27. The molecule has 0 spiro atoms. The average molecular weight is 382 g/mol. The molecule has 6 heteroatoms. The molecule has 1 atom stereocenters. The summed E-state index contributed by atoms with van der Waals surface area (Å²) in [4.78, 5) is 1.59. The van der Waals surface area contributed by atoms with Crippen LogP contribution in [0.2, 0.25) is 0 Å². The fourth-order valence-corrected chi connectivity index (χ4v) is 5.69. The molecule has 0 bridgehead atoms. The molecular weight excluding hydrogens is 354 g/mol. The summed E-state index contributed by atoms with van der Waals surface area (Å²) in [5.74, 6) is 0.175. The van der Waals surface area contributed by atoms with Crippen LogP contribution in [0.4, 0.5) is 0 Å². The van der Waals surface area contributed by atoms with Gasteiger partial charge in [0.25, 0.3) is 0 Å². The Kier molecular flexibility index (Phi) is 6.79. The molecule has 1 heterocycles. The normalized spacial score (nSPS) is 13.2. The number of sulfonamides is 1. The third kappa shape index (κ3) is 4.70. The summed E-state index contributed by atoms with van der Waals surface area (Å²) in [5.41, 5.74) is 3.59. The average Bonchev–Trinajstić information content (AvgIpc) is 3.06. The van der Waals surface area contributed by atoms with E-state index in [0.717, 1.165) is 22.3 Å². The molecule has 25 heavy (non-hydrogen) atoms. The topological polar surface area (TPSA) is 66.4 Å². The van der Waals surface area contributed by atoms with E-state index in [2.05, 4.69) is 4.72 Å². The van der Waals surface area contributed by atoms with Crippen molar-refractivity contribution < 1.29 is 13.5 Å². The predicted octanol–water partition coefficient (Wildman–Crippen LogP) is 3.82. The molecule has 0 saturated heterocycles. The number of hydrogen-bond acceptors (Lipinski definition) is 4. The van der Waals surface area contributed by atoms with Gasteiger partial charge in [0, 0.05) is 18.0 Å². The van der Waals surface area contributed by atoms with Gasteiger partial charge in [0.05, 0.1) is 4.90 Å². The first-order valence-electron chi connectivity index (χ1n) is 8.49. The summed E-state index contributed by atoms with van der Waals surface area (Å²) in [6.07, 6.45) is 1.31. The van der Waals surface area contributed by atoms with Crippen LogP contribution < -0.4 is 4.72 Å². The van der Waals surface area contributed by atoms with Crippen molar-refractivity contribution in [1.82, 2.24) is 4.72 Å². The van der Waals surface area contributed by atoms with Crippen LogP contribution in [0.25, 0.3) is 0 Å². The zero-order chi connectivity index (χ0) is 18.6. The Morgan fingerprint density at radius 1 is 1.12 bits per heavy atom. The maximum Gasteiger partial charge on any atom is 0.241 e. The van der Waals surface area contributed by atoms with Crippen LogP contribution in [0.3, 0.4) is 0 Å². The van der Waals surface area contributed by atoms with E-state index in [1.54, 1.807) is 11.3 Å². The Morgan fingerprint density at radius 2 is 1.76 bits per heavy atom. The highest BCUT2D eigenvalue weighted by Gasteiger charge is 2.22. The fourth-order valence-electron chi connectivity index (χ4n) is 3.13. The first-order valence-corrected chi connectivity index (χ1v) is 10.9. The van der Waals surface area contributed by atoms with Gasteiger partial charge in [-0.3, -0.25) is 0 Å². The smallest absolute Gasteiger partial charge is 0.241 e. The van der Waals surface area contributed by atoms with E-state index in [1.807, 2.05) is 51.3 Å². The van der Waals surface area contributed by atoms with Crippen molar-refractivity contribution in [2.24, 2.45) is 0 Å². The molecule has 0 saturated carbocycles. The molecule has 2 aromatic rings. The monoisotopic (exact) mass is 381 g/mol. The molecule has 1 aromatic carbocycles. The van der Waals surface area contributed by atoms with Crippen molar-refractivity contribution in [2.75, 3.05) is 13.2 Å². The number of aliphatic hydroxyl groups excluding tert-OH is 1. The van der Waals surface area contributed by atoms with Crippen molar-refractivity contribution in [2.45, 2.75) is 51.3 Å². The zero-order valence-corrected chi connectivity index (χ0v) is 16.9. The maximum atomic E-state index is 12.8. The van der Waals surface area contributed by atoms with Gasteiger partial charge in [0.2, 0.25) is 10.0 Å². The lowest BCUT2D eigenvalue weighted by atomic mass is 10.0. The van der Waals surface area contributed by atoms with Gasteiger partial charge in [-0.05, 0) is 80.2 Å². The van der Waals surface area contributed by atoms with Gasteiger partial charge < -0.3 is 5.11 Å². The molecule has 0 radical (unpaired) electrons. The third-order valence-corrected chi connectivity index (χ3v) is 7.54. The van der Waals surface area contributed by atoms with Crippen LogP contribution in [-0.4, -0.2) is 26.7 Å². The van der Waals surface area contributed by atoms with E-state index < -0.39 is 10.0 Å². The molecule has 0 aliphatic carbocycles. The van der Waals surface area contributed by atoms with Crippen LogP contribution in [0, 0.1) is 27.7 Å². The van der Waals surface area contributed by atoms with E-state index in [-0.39, 0.29) is 12.5 Å². The largest absolute Gasteiger partial charge is 0.396 e. The lowest BCUT2D eigenvalue weighted by Gasteiger charge is -2.18. The first kappa shape index (κ1) is 20.1. The number of hydrogen-bond donors (Lipinski definition) is 2. The summed E-state index contributed by atoms with van der Waals surface area (Å²) < 4.78 is 28.4. The molecule has 2 rings (SSSR count). The van der Waals surface area contributed by atoms with E-state index in [4.69, 9.17) is 0 Å². The van der Waals surface area contributed by atoms with Gasteiger partial charge in [-0.25, -0.2) is 13.1 Å². The predicted molar refractivity (Wildman–Crippen MR) is 104 cm³/mol. The Balaban J connectivity index is 2.15. The van der Waals surface area contributed by atoms with Crippen molar-refractivity contribution in [1.29, 1.82) is 0 Å². The second kappa shape index (κ2) is 8.45. The van der Waals surface area contributed by atoms with Crippen LogP contribution in [0.5, 0.6) is 0 Å². The number of aliphatic hydroxyl groups is 1. The van der Waals surface area contributed by atoms with Gasteiger partial charge in [-0.1, -0.05) is 12.1 Å². The van der Waals surface area contributed by atoms with Crippen LogP contribution in [0.1, 0.15) is 45.9 Å². The Morgan fingerprint density at radius 3 is 2.28 bits per heavy atom. The number of benzene rings is 1. The van der Waals surface area contributed by atoms with Crippen molar-refractivity contribution in [3.63, 3.8) is 0 Å². The van der Waals surface area contributed by atoms with E-state index in [0.29, 0.717) is 24.3 Å². The standard InChI is InChI=1S/C19H27NO3S2/c1-13-12-14(2)16(4)19(15(13)3)25(22,23)20-9-7-17(8-10-21)18-6-5-11-24-18/h5-6,11-12,17,20-21H,7-10H2,1-4H3/t17-/m1/s1. The summed E-state index contributed by atoms with van der Waals surface area (Å²) in [6.45, 7) is 8.05. The quantitative estimate of drug-likeness (QED) is 0.730. The van der Waals surface area contributed by atoms with Gasteiger partial charge in [0.1, 0.15) is 0 Å². The van der Waals surface area contributed by atoms with Crippen molar-refractivity contribution >= 4 is 21.4 Å². The molecule has 0 amide bonds. The highest BCUT2D eigenvalue weighted by molar-refractivity contribution is 7.89. The van der Waals surface area contributed by atoms with E-state index in [9.17, 15) is 13.5 Å². The molecule has 2 N–H and O–H groups in total. The zero-order valence-electron chi connectivity index (χ0n) is 15.3. The molecule has 0 aliphatic rings. The number of aryl methyl sites for hydroxylation is 2. The lowest BCUT2D eigenvalue weighted by molar-refractivity contribution is 0.273. The molecule has 138 valence electrons. The highest BCUT2D eigenvalue weighted by atomic mass is 32.2. The van der Waals surface area contributed by atoms with E-state index in [1.165, 1.54) is 4.88 Å². The third-order valence-electron chi connectivity index (χ3n) is 4.77. The first-order chi connectivity index (χ1) is 11.8. The van der Waals surface area contributed by atoms with E-state index >= 15 is 0 Å². The number of thiophene rings is 1. The van der Waals surface area contributed by atoms with Crippen LogP contribution in [0.15, 0.2) is 28.5 Å². The van der Waals surface area contributed by atoms with Gasteiger partial charge in [0.15, 0.2) is 0 Å². The minimum Gasteiger partial charge on any atom is -0.396 e. The molecule has 0 unspecified atom stereocenters. The Labute approximate surface area is 155 Å². The second-order valence-electron chi connectivity index (χ2n) is 6.50. The SMILES string of the molecule is Cc1cc(C)c(C)c(S(=O)(=O)NCC[C@H](CCO)c2cccs2)c1C. The summed E-state index contributed by atoms with van der Waals surface area (Å²) in [5, 5.41) is 11.3. The van der Waals surface area contributed by atoms with Crippen molar-refractivity contribution in [3.05, 3.63) is 50.7 Å². The molecule has 0 fully saturated rings. The minimum atomic E-state index is -3.56. The molecule has 4 nitrogen and oxygen atoms in total. The maximum absolute atomic E-state index is 12.8. The fraction of sp³-hybridized carbons (Fsp3) is 0.474. The summed E-state index contributed by atoms with van der Waals surface area (Å²) in [6, 6.07) is 6.05. The number of nitrogens with one attached hydrogen (secondary N) is 1. The Bertz CT molecular complexity index is 785.